The van der Waals surface area contributed by atoms with Gasteiger partial charge in [0.1, 0.15) is 18.0 Å². The van der Waals surface area contributed by atoms with Crippen molar-refractivity contribution in [1.29, 1.82) is 0 Å². The first-order valence-corrected chi connectivity index (χ1v) is 8.32. The molecule has 3 heterocycles. The van der Waals surface area contributed by atoms with Gasteiger partial charge in [-0.2, -0.15) is 5.10 Å². The first-order chi connectivity index (χ1) is 12.3. The van der Waals surface area contributed by atoms with Crippen LogP contribution in [0, 0.1) is 5.82 Å². The van der Waals surface area contributed by atoms with E-state index in [4.69, 9.17) is 0 Å². The predicted molar refractivity (Wildman–Crippen MR) is 93.0 cm³/mol. The minimum absolute atomic E-state index is 0.178. The number of aromatic nitrogens is 4. The predicted octanol–water partition coefficient (Wildman–Crippen LogP) is 2.12. The van der Waals surface area contributed by atoms with Gasteiger partial charge in [0.05, 0.1) is 0 Å². The van der Waals surface area contributed by atoms with Gasteiger partial charge in [0.25, 0.3) is 0 Å². The van der Waals surface area contributed by atoms with Gasteiger partial charge in [0.2, 0.25) is 0 Å². The second-order valence-electron chi connectivity index (χ2n) is 6.08. The molecule has 128 valence electrons. The van der Waals surface area contributed by atoms with Crippen LogP contribution in [0.15, 0.2) is 55.1 Å². The lowest BCUT2D eigenvalue weighted by molar-refractivity contribution is 0.249. The summed E-state index contributed by atoms with van der Waals surface area (Å²) in [6, 6.07) is 10.6. The van der Waals surface area contributed by atoms with Gasteiger partial charge >= 0.3 is 0 Å². The lowest BCUT2D eigenvalue weighted by Gasteiger charge is -2.35. The maximum absolute atomic E-state index is 13.3. The number of anilines is 1. The van der Waals surface area contributed by atoms with Gasteiger partial charge in [-0.05, 0) is 23.8 Å². The van der Waals surface area contributed by atoms with Crippen LogP contribution in [-0.4, -0.2) is 50.8 Å². The van der Waals surface area contributed by atoms with Gasteiger partial charge in [0, 0.05) is 51.2 Å². The van der Waals surface area contributed by atoms with Crippen molar-refractivity contribution in [3.8, 4) is 5.82 Å². The fourth-order valence-corrected chi connectivity index (χ4v) is 3.07. The molecule has 0 radical (unpaired) electrons. The normalized spacial score (nSPS) is 15.5. The highest BCUT2D eigenvalue weighted by molar-refractivity contribution is 5.43. The van der Waals surface area contributed by atoms with Crippen LogP contribution in [0.2, 0.25) is 0 Å². The van der Waals surface area contributed by atoms with E-state index >= 15 is 0 Å². The van der Waals surface area contributed by atoms with Gasteiger partial charge in [-0.15, -0.1) is 0 Å². The molecule has 0 bridgehead atoms. The molecule has 0 aliphatic carbocycles. The van der Waals surface area contributed by atoms with Gasteiger partial charge in [-0.3, -0.25) is 4.90 Å². The summed E-state index contributed by atoms with van der Waals surface area (Å²) in [6.45, 7) is 4.36. The molecule has 0 N–H and O–H groups in total. The van der Waals surface area contributed by atoms with Gasteiger partial charge in [0.15, 0.2) is 5.82 Å². The van der Waals surface area contributed by atoms with Crippen LogP contribution in [0.5, 0.6) is 0 Å². The molecule has 1 aliphatic rings. The van der Waals surface area contributed by atoms with E-state index in [1.54, 1.807) is 29.3 Å². The van der Waals surface area contributed by atoms with Crippen LogP contribution in [0.3, 0.4) is 0 Å². The summed E-state index contributed by atoms with van der Waals surface area (Å²) in [5.41, 5.74) is 1.01. The quantitative estimate of drug-likeness (QED) is 0.729. The fraction of sp³-hybridized carbons (Fsp3) is 0.278. The molecule has 3 aromatic rings. The second-order valence-corrected chi connectivity index (χ2v) is 6.08. The highest BCUT2D eigenvalue weighted by atomic mass is 19.1. The topological polar surface area (TPSA) is 50.1 Å². The highest BCUT2D eigenvalue weighted by Crippen LogP contribution is 2.17. The average Bonchev–Trinajstić information content (AvgIpc) is 3.17. The molecule has 0 spiro atoms. The maximum atomic E-state index is 13.3. The van der Waals surface area contributed by atoms with Crippen molar-refractivity contribution < 1.29 is 4.39 Å². The lowest BCUT2D eigenvalue weighted by atomic mass is 10.2. The molecule has 0 unspecified atom stereocenters. The number of benzene rings is 1. The van der Waals surface area contributed by atoms with E-state index in [0.29, 0.717) is 0 Å². The smallest absolute Gasteiger partial charge is 0.158 e. The van der Waals surface area contributed by atoms with E-state index in [1.165, 1.54) is 6.07 Å². The first-order valence-electron chi connectivity index (χ1n) is 8.32. The Morgan fingerprint density at radius 3 is 2.56 bits per heavy atom. The number of nitrogens with zero attached hydrogens (tertiary/aromatic N) is 6. The van der Waals surface area contributed by atoms with Crippen LogP contribution in [0.4, 0.5) is 10.2 Å². The zero-order chi connectivity index (χ0) is 17.1. The van der Waals surface area contributed by atoms with E-state index in [1.807, 2.05) is 24.4 Å². The molecular weight excluding hydrogens is 319 g/mol. The Hall–Kier alpha value is -2.80. The van der Waals surface area contributed by atoms with Crippen LogP contribution >= 0.6 is 0 Å². The molecule has 1 aliphatic heterocycles. The summed E-state index contributed by atoms with van der Waals surface area (Å²) in [6.07, 6.45) is 5.17. The molecule has 1 fully saturated rings. The number of rotatable bonds is 4. The van der Waals surface area contributed by atoms with E-state index in [0.717, 1.165) is 49.9 Å². The minimum Gasteiger partial charge on any atom is -0.354 e. The third-order valence-corrected chi connectivity index (χ3v) is 4.37. The van der Waals surface area contributed by atoms with Crippen molar-refractivity contribution in [2.45, 2.75) is 6.54 Å². The van der Waals surface area contributed by atoms with Crippen molar-refractivity contribution in [2.24, 2.45) is 0 Å². The van der Waals surface area contributed by atoms with Crippen LogP contribution in [-0.2, 0) is 6.54 Å². The highest BCUT2D eigenvalue weighted by Gasteiger charge is 2.19. The van der Waals surface area contributed by atoms with Gasteiger partial charge in [-0.1, -0.05) is 12.1 Å². The van der Waals surface area contributed by atoms with Crippen LogP contribution < -0.4 is 4.90 Å². The number of piperazine rings is 1. The summed E-state index contributed by atoms with van der Waals surface area (Å²) in [5, 5.41) is 4.21. The largest absolute Gasteiger partial charge is 0.354 e. The zero-order valence-corrected chi connectivity index (χ0v) is 13.8. The Bertz CT molecular complexity index is 827. The van der Waals surface area contributed by atoms with Crippen molar-refractivity contribution in [1.82, 2.24) is 24.6 Å². The molecule has 4 rings (SSSR count). The summed E-state index contributed by atoms with van der Waals surface area (Å²) >= 11 is 0. The van der Waals surface area contributed by atoms with Crippen LogP contribution in [0.25, 0.3) is 5.82 Å². The Morgan fingerprint density at radius 1 is 0.960 bits per heavy atom. The van der Waals surface area contributed by atoms with Gasteiger partial charge < -0.3 is 4.90 Å². The maximum Gasteiger partial charge on any atom is 0.158 e. The van der Waals surface area contributed by atoms with Crippen molar-refractivity contribution in [3.05, 3.63) is 66.5 Å². The standard InChI is InChI=1S/C18H19FN6/c19-16-4-1-3-15(11-16)13-23-7-9-24(10-8-23)17-12-18(21-14-20-17)25-6-2-5-22-25/h1-6,11-12,14H,7-10,13H2. The molecule has 0 atom stereocenters. The molecule has 1 aromatic carbocycles. The first kappa shape index (κ1) is 15.7. The van der Waals surface area contributed by atoms with Crippen molar-refractivity contribution in [3.63, 3.8) is 0 Å². The number of halogens is 1. The summed E-state index contributed by atoms with van der Waals surface area (Å²) in [4.78, 5) is 13.3. The molecule has 7 heteroatoms. The molecule has 0 amide bonds. The van der Waals surface area contributed by atoms with E-state index in [-0.39, 0.29) is 5.82 Å². The van der Waals surface area contributed by atoms with Crippen molar-refractivity contribution >= 4 is 5.82 Å². The monoisotopic (exact) mass is 338 g/mol. The van der Waals surface area contributed by atoms with Gasteiger partial charge in [-0.25, -0.2) is 19.0 Å². The molecular formula is C18H19FN6. The zero-order valence-electron chi connectivity index (χ0n) is 13.8. The molecule has 6 nitrogen and oxygen atoms in total. The molecule has 25 heavy (non-hydrogen) atoms. The van der Waals surface area contributed by atoms with Crippen molar-refractivity contribution in [2.75, 3.05) is 31.1 Å². The Balaban J connectivity index is 1.39. The SMILES string of the molecule is Fc1cccc(CN2CCN(c3cc(-n4cccn4)ncn3)CC2)c1. The summed E-state index contributed by atoms with van der Waals surface area (Å²) in [5.74, 6) is 1.49. The molecule has 1 saturated heterocycles. The molecule has 0 saturated carbocycles. The Kier molecular flexibility index (Phi) is 4.39. The van der Waals surface area contributed by atoms with Crippen LogP contribution in [0.1, 0.15) is 5.56 Å². The third-order valence-electron chi connectivity index (χ3n) is 4.37. The summed E-state index contributed by atoms with van der Waals surface area (Å²) in [7, 11) is 0. The van der Waals surface area contributed by atoms with E-state index in [9.17, 15) is 4.39 Å². The average molecular weight is 338 g/mol. The number of hydrogen-bond acceptors (Lipinski definition) is 5. The van der Waals surface area contributed by atoms with E-state index < -0.39 is 0 Å². The minimum atomic E-state index is -0.178. The van der Waals surface area contributed by atoms with E-state index in [2.05, 4.69) is 24.9 Å². The fourth-order valence-electron chi connectivity index (χ4n) is 3.07. The summed E-state index contributed by atoms with van der Waals surface area (Å²) < 4.78 is 15.0. The number of hydrogen-bond donors (Lipinski definition) is 0. The lowest BCUT2D eigenvalue weighted by Crippen LogP contribution is -2.46. The second kappa shape index (κ2) is 6.98. The molecule has 2 aromatic heterocycles. The Labute approximate surface area is 145 Å². The Morgan fingerprint density at radius 2 is 1.80 bits per heavy atom. The third kappa shape index (κ3) is 3.66.